The molecule has 2 heterocycles. The van der Waals surface area contributed by atoms with Gasteiger partial charge < -0.3 is 9.64 Å². The first-order chi connectivity index (χ1) is 10.2. The van der Waals surface area contributed by atoms with E-state index in [-0.39, 0.29) is 5.82 Å². The second-order valence-corrected chi connectivity index (χ2v) is 5.76. The molecule has 108 valence electrons. The molecule has 0 aliphatic carbocycles. The van der Waals surface area contributed by atoms with Crippen LogP contribution in [0.5, 0.6) is 0 Å². The van der Waals surface area contributed by atoms with E-state index in [1.54, 1.807) is 12.1 Å². The highest BCUT2D eigenvalue weighted by atomic mass is 32.1. The van der Waals surface area contributed by atoms with Gasteiger partial charge in [-0.2, -0.15) is 5.26 Å². The topological polar surface area (TPSA) is 62.0 Å². The van der Waals surface area contributed by atoms with Crippen molar-refractivity contribution in [2.24, 2.45) is 0 Å². The van der Waals surface area contributed by atoms with E-state index in [1.165, 1.54) is 23.5 Å². The van der Waals surface area contributed by atoms with Gasteiger partial charge in [0.15, 0.2) is 6.10 Å². The number of nitrogens with zero attached hydrogens (tertiary/aromatic N) is 4. The van der Waals surface area contributed by atoms with Crippen LogP contribution in [-0.4, -0.2) is 36.0 Å². The molecule has 1 saturated heterocycles. The molecule has 21 heavy (non-hydrogen) atoms. The van der Waals surface area contributed by atoms with E-state index < -0.39 is 6.10 Å². The van der Waals surface area contributed by atoms with Crippen molar-refractivity contribution in [3.05, 3.63) is 40.7 Å². The van der Waals surface area contributed by atoms with Gasteiger partial charge in [-0.15, -0.1) is 10.2 Å². The smallest absolute Gasteiger partial charge is 0.208 e. The Labute approximate surface area is 125 Å². The highest BCUT2D eigenvalue weighted by Crippen LogP contribution is 2.24. The fraction of sp³-hybridized carbons (Fsp3) is 0.357. The molecule has 1 aliphatic rings. The van der Waals surface area contributed by atoms with Crippen molar-refractivity contribution in [1.82, 2.24) is 10.2 Å². The van der Waals surface area contributed by atoms with Crippen LogP contribution in [0.25, 0.3) is 0 Å². The van der Waals surface area contributed by atoms with Crippen LogP contribution in [0.15, 0.2) is 24.3 Å². The highest BCUT2D eigenvalue weighted by molar-refractivity contribution is 7.15. The number of anilines is 1. The molecule has 1 aliphatic heterocycles. The SMILES string of the molecule is N#CC1CN(c2nnc(Cc3ccc(F)cc3)s2)CCO1. The van der Waals surface area contributed by atoms with Gasteiger partial charge in [0.2, 0.25) is 5.13 Å². The number of hydrogen-bond donors (Lipinski definition) is 0. The number of morpholine rings is 1. The fourth-order valence-corrected chi connectivity index (χ4v) is 3.03. The molecule has 0 radical (unpaired) electrons. The quantitative estimate of drug-likeness (QED) is 0.868. The largest absolute Gasteiger partial charge is 0.360 e. The summed E-state index contributed by atoms with van der Waals surface area (Å²) in [6.07, 6.45) is 0.215. The predicted octanol–water partition coefficient (Wildman–Crippen LogP) is 2.00. The Morgan fingerprint density at radius 3 is 2.95 bits per heavy atom. The molecule has 3 rings (SSSR count). The maximum absolute atomic E-state index is 12.9. The lowest BCUT2D eigenvalue weighted by atomic mass is 10.2. The molecule has 1 fully saturated rings. The van der Waals surface area contributed by atoms with Crippen LogP contribution in [0.1, 0.15) is 10.6 Å². The molecule has 7 heteroatoms. The minimum atomic E-state index is -0.414. The molecule has 0 amide bonds. The van der Waals surface area contributed by atoms with E-state index in [9.17, 15) is 4.39 Å². The van der Waals surface area contributed by atoms with Crippen molar-refractivity contribution in [1.29, 1.82) is 5.26 Å². The summed E-state index contributed by atoms with van der Waals surface area (Å²) in [5, 5.41) is 18.9. The zero-order chi connectivity index (χ0) is 14.7. The zero-order valence-corrected chi connectivity index (χ0v) is 12.0. The third-order valence-corrected chi connectivity index (χ3v) is 4.19. The maximum Gasteiger partial charge on any atom is 0.208 e. The molecular formula is C14H13FN4OS. The van der Waals surface area contributed by atoms with Crippen molar-refractivity contribution in [3.63, 3.8) is 0 Å². The van der Waals surface area contributed by atoms with Gasteiger partial charge in [-0.3, -0.25) is 0 Å². The Morgan fingerprint density at radius 1 is 1.38 bits per heavy atom. The fourth-order valence-electron chi connectivity index (χ4n) is 2.12. The number of nitriles is 1. The molecule has 2 aromatic rings. The van der Waals surface area contributed by atoms with Crippen LogP contribution >= 0.6 is 11.3 Å². The Kier molecular flexibility index (Phi) is 4.08. The van der Waals surface area contributed by atoms with Crippen molar-refractivity contribution in [2.75, 3.05) is 24.6 Å². The molecule has 1 unspecified atom stereocenters. The first kappa shape index (κ1) is 13.9. The van der Waals surface area contributed by atoms with Gasteiger partial charge in [0.05, 0.1) is 19.2 Å². The Bertz CT molecular complexity index is 652. The second kappa shape index (κ2) is 6.16. The summed E-state index contributed by atoms with van der Waals surface area (Å²) in [5.41, 5.74) is 0.996. The van der Waals surface area contributed by atoms with Crippen LogP contribution in [0.2, 0.25) is 0 Å². The minimum absolute atomic E-state index is 0.243. The van der Waals surface area contributed by atoms with Crippen molar-refractivity contribution in [3.8, 4) is 6.07 Å². The van der Waals surface area contributed by atoms with Gasteiger partial charge in [-0.05, 0) is 17.7 Å². The molecule has 0 N–H and O–H groups in total. The van der Waals surface area contributed by atoms with Crippen molar-refractivity contribution >= 4 is 16.5 Å². The van der Waals surface area contributed by atoms with E-state index in [1.807, 2.05) is 4.90 Å². The average molecular weight is 304 g/mol. The van der Waals surface area contributed by atoms with E-state index in [0.29, 0.717) is 26.1 Å². The summed E-state index contributed by atoms with van der Waals surface area (Å²) in [6.45, 7) is 1.75. The standard InChI is InChI=1S/C14H13FN4OS/c15-11-3-1-10(2-4-11)7-13-17-18-14(21-13)19-5-6-20-12(8-16)9-19/h1-4,12H,5-7,9H2. The molecule has 0 spiro atoms. The number of rotatable bonds is 3. The minimum Gasteiger partial charge on any atom is -0.360 e. The zero-order valence-electron chi connectivity index (χ0n) is 11.2. The average Bonchev–Trinajstić information content (AvgIpc) is 2.98. The lowest BCUT2D eigenvalue weighted by molar-refractivity contribution is 0.0764. The van der Waals surface area contributed by atoms with E-state index in [2.05, 4.69) is 16.3 Å². The first-order valence-corrected chi connectivity index (χ1v) is 7.39. The highest BCUT2D eigenvalue weighted by Gasteiger charge is 2.22. The van der Waals surface area contributed by atoms with Crippen molar-refractivity contribution < 1.29 is 9.13 Å². The predicted molar refractivity (Wildman–Crippen MR) is 76.7 cm³/mol. The Hall–Kier alpha value is -2.04. The summed E-state index contributed by atoms with van der Waals surface area (Å²) in [5.74, 6) is -0.243. The van der Waals surface area contributed by atoms with Gasteiger partial charge in [0, 0.05) is 13.0 Å². The van der Waals surface area contributed by atoms with Gasteiger partial charge in [0.25, 0.3) is 0 Å². The summed E-state index contributed by atoms with van der Waals surface area (Å²) in [6, 6.07) is 8.49. The Balaban J connectivity index is 1.68. The summed E-state index contributed by atoms with van der Waals surface area (Å²) < 4.78 is 18.2. The van der Waals surface area contributed by atoms with Crippen LogP contribution in [0.3, 0.4) is 0 Å². The summed E-state index contributed by atoms with van der Waals surface area (Å²) >= 11 is 1.50. The number of aromatic nitrogens is 2. The third-order valence-electron chi connectivity index (χ3n) is 3.21. The van der Waals surface area contributed by atoms with Crippen LogP contribution < -0.4 is 4.90 Å². The molecule has 0 saturated carbocycles. The molecule has 1 aromatic carbocycles. The van der Waals surface area contributed by atoms with E-state index >= 15 is 0 Å². The van der Waals surface area contributed by atoms with Gasteiger partial charge in [0.1, 0.15) is 10.8 Å². The van der Waals surface area contributed by atoms with Crippen molar-refractivity contribution in [2.45, 2.75) is 12.5 Å². The third kappa shape index (κ3) is 3.35. The number of hydrogen-bond acceptors (Lipinski definition) is 6. The van der Waals surface area contributed by atoms with E-state index in [4.69, 9.17) is 10.00 Å². The molecular weight excluding hydrogens is 291 g/mol. The summed E-state index contributed by atoms with van der Waals surface area (Å²) in [4.78, 5) is 2.02. The van der Waals surface area contributed by atoms with Crippen LogP contribution in [-0.2, 0) is 11.2 Å². The normalized spacial score (nSPS) is 18.5. The number of ether oxygens (including phenoxy) is 1. The lowest BCUT2D eigenvalue weighted by Gasteiger charge is -2.28. The van der Waals surface area contributed by atoms with Gasteiger partial charge in [-0.25, -0.2) is 4.39 Å². The number of halogens is 1. The lowest BCUT2D eigenvalue weighted by Crippen LogP contribution is -2.41. The Morgan fingerprint density at radius 2 is 2.19 bits per heavy atom. The van der Waals surface area contributed by atoms with E-state index in [0.717, 1.165) is 15.7 Å². The molecule has 0 bridgehead atoms. The van der Waals surface area contributed by atoms with Gasteiger partial charge in [-0.1, -0.05) is 23.5 Å². The van der Waals surface area contributed by atoms with Crippen LogP contribution in [0, 0.1) is 17.1 Å². The number of benzene rings is 1. The molecule has 1 aromatic heterocycles. The monoisotopic (exact) mass is 304 g/mol. The molecule has 5 nitrogen and oxygen atoms in total. The maximum atomic E-state index is 12.9. The molecule has 1 atom stereocenters. The van der Waals surface area contributed by atoms with Gasteiger partial charge >= 0.3 is 0 Å². The first-order valence-electron chi connectivity index (χ1n) is 6.57. The van der Waals surface area contributed by atoms with Crippen LogP contribution in [0.4, 0.5) is 9.52 Å². The summed E-state index contributed by atoms with van der Waals surface area (Å²) in [7, 11) is 0. The second-order valence-electron chi connectivity index (χ2n) is 4.72.